The van der Waals surface area contributed by atoms with Crippen molar-refractivity contribution in [2.75, 3.05) is 65.6 Å². The molecule has 2 aromatic carbocycles. The SMILES string of the molecule is O=C(CN1CC=CC1=O)NCc1ccc2c(c1)Sc1ccccc1N=C2N1CCN(CCOCCO)CC1. The minimum atomic E-state index is -0.170. The van der Waals surface area contributed by atoms with Crippen LogP contribution in [0.15, 0.2) is 69.4 Å². The van der Waals surface area contributed by atoms with Gasteiger partial charge in [-0.2, -0.15) is 0 Å². The Bertz CT molecular complexity index is 1230. The van der Waals surface area contributed by atoms with Crippen LogP contribution in [0.3, 0.4) is 0 Å². The van der Waals surface area contributed by atoms with E-state index < -0.39 is 0 Å². The van der Waals surface area contributed by atoms with E-state index >= 15 is 0 Å². The predicted molar refractivity (Wildman–Crippen MR) is 147 cm³/mol. The molecule has 1 fully saturated rings. The minimum absolute atomic E-state index is 0.0535. The monoisotopic (exact) mass is 535 g/mol. The highest BCUT2D eigenvalue weighted by Crippen LogP contribution is 2.41. The van der Waals surface area contributed by atoms with Crippen molar-refractivity contribution in [3.63, 3.8) is 0 Å². The van der Waals surface area contributed by atoms with E-state index in [0.717, 1.165) is 65.2 Å². The zero-order valence-corrected chi connectivity index (χ0v) is 22.2. The van der Waals surface area contributed by atoms with Crippen LogP contribution in [0.1, 0.15) is 11.1 Å². The third kappa shape index (κ3) is 6.44. The van der Waals surface area contributed by atoms with Crippen molar-refractivity contribution >= 4 is 35.1 Å². The molecule has 0 saturated carbocycles. The molecule has 0 bridgehead atoms. The van der Waals surface area contributed by atoms with Gasteiger partial charge in [0.25, 0.3) is 0 Å². The molecule has 0 aromatic heterocycles. The Morgan fingerprint density at radius 2 is 1.92 bits per heavy atom. The van der Waals surface area contributed by atoms with E-state index in [0.29, 0.717) is 26.3 Å². The van der Waals surface area contributed by atoms with Crippen LogP contribution >= 0.6 is 11.8 Å². The fourth-order valence-electron chi connectivity index (χ4n) is 4.71. The zero-order valence-electron chi connectivity index (χ0n) is 21.3. The summed E-state index contributed by atoms with van der Waals surface area (Å²) in [7, 11) is 0. The van der Waals surface area contributed by atoms with E-state index in [-0.39, 0.29) is 25.0 Å². The number of amides is 2. The Kier molecular flexibility index (Phi) is 8.75. The molecular formula is C28H33N5O4S. The number of aliphatic hydroxyl groups is 1. The Balaban J connectivity index is 1.28. The van der Waals surface area contributed by atoms with E-state index in [4.69, 9.17) is 14.8 Å². The summed E-state index contributed by atoms with van der Waals surface area (Å²) in [5.41, 5.74) is 3.05. The zero-order chi connectivity index (χ0) is 26.3. The summed E-state index contributed by atoms with van der Waals surface area (Å²) in [4.78, 5) is 37.8. The lowest BCUT2D eigenvalue weighted by Crippen LogP contribution is -2.49. The van der Waals surface area contributed by atoms with Gasteiger partial charge in [-0.05, 0) is 29.8 Å². The highest BCUT2D eigenvalue weighted by molar-refractivity contribution is 7.99. The van der Waals surface area contributed by atoms with Gasteiger partial charge in [0.2, 0.25) is 11.8 Å². The molecular weight excluding hydrogens is 502 g/mol. The topological polar surface area (TPSA) is 97.7 Å². The van der Waals surface area contributed by atoms with Crippen molar-refractivity contribution in [1.82, 2.24) is 20.0 Å². The van der Waals surface area contributed by atoms with Crippen LogP contribution in [0, 0.1) is 0 Å². The number of carbonyl (C=O) groups is 2. The summed E-state index contributed by atoms with van der Waals surface area (Å²) in [6.45, 7) is 6.43. The molecule has 0 spiro atoms. The third-order valence-corrected chi connectivity index (χ3v) is 7.90. The summed E-state index contributed by atoms with van der Waals surface area (Å²) in [6.07, 6.45) is 3.27. The fourth-order valence-corrected chi connectivity index (χ4v) is 5.79. The average Bonchev–Trinajstić information content (AvgIpc) is 3.25. The van der Waals surface area contributed by atoms with Crippen LogP contribution < -0.4 is 5.32 Å². The molecule has 5 rings (SSSR count). The number of nitrogens with zero attached hydrogens (tertiary/aromatic N) is 4. The number of fused-ring (bicyclic) bond motifs is 2. The van der Waals surface area contributed by atoms with Crippen LogP contribution in [0.5, 0.6) is 0 Å². The van der Waals surface area contributed by atoms with Crippen LogP contribution in [-0.4, -0.2) is 103 Å². The number of aliphatic hydroxyl groups excluding tert-OH is 1. The summed E-state index contributed by atoms with van der Waals surface area (Å²) in [5.74, 6) is 0.684. The van der Waals surface area contributed by atoms with E-state index in [9.17, 15) is 9.59 Å². The Labute approximate surface area is 227 Å². The number of benzene rings is 2. The number of hydrogen-bond acceptors (Lipinski definition) is 8. The summed E-state index contributed by atoms with van der Waals surface area (Å²) < 4.78 is 5.44. The lowest BCUT2D eigenvalue weighted by molar-refractivity contribution is -0.131. The number of ether oxygens (including phenoxy) is 1. The van der Waals surface area contributed by atoms with Crippen LogP contribution in [0.2, 0.25) is 0 Å². The minimum Gasteiger partial charge on any atom is -0.394 e. The van der Waals surface area contributed by atoms with Crippen LogP contribution in [0.4, 0.5) is 5.69 Å². The van der Waals surface area contributed by atoms with E-state index in [1.165, 1.54) is 11.0 Å². The predicted octanol–water partition coefficient (Wildman–Crippen LogP) is 1.87. The van der Waals surface area contributed by atoms with Gasteiger partial charge in [0.1, 0.15) is 12.4 Å². The lowest BCUT2D eigenvalue weighted by Gasteiger charge is -2.36. The van der Waals surface area contributed by atoms with Crippen molar-refractivity contribution in [3.05, 3.63) is 65.7 Å². The Morgan fingerprint density at radius 1 is 1.08 bits per heavy atom. The Hall–Kier alpha value is -3.18. The first kappa shape index (κ1) is 26.4. The van der Waals surface area contributed by atoms with Gasteiger partial charge in [-0.25, -0.2) is 4.99 Å². The highest BCUT2D eigenvalue weighted by Gasteiger charge is 2.26. The number of aliphatic imine (C=N–C) groups is 1. The number of hydrogen-bond donors (Lipinski definition) is 2. The van der Waals surface area contributed by atoms with Gasteiger partial charge in [0.15, 0.2) is 0 Å². The number of para-hydroxylation sites is 1. The maximum absolute atomic E-state index is 12.4. The molecule has 200 valence electrons. The summed E-state index contributed by atoms with van der Waals surface area (Å²) in [6, 6.07) is 14.5. The van der Waals surface area contributed by atoms with Crippen molar-refractivity contribution in [2.45, 2.75) is 16.3 Å². The Morgan fingerprint density at radius 3 is 2.71 bits per heavy atom. The molecule has 0 aliphatic carbocycles. The smallest absolute Gasteiger partial charge is 0.247 e. The van der Waals surface area contributed by atoms with Crippen LogP contribution in [-0.2, 0) is 20.9 Å². The van der Waals surface area contributed by atoms with Crippen molar-refractivity contribution in [1.29, 1.82) is 0 Å². The first-order valence-corrected chi connectivity index (χ1v) is 13.8. The number of rotatable bonds is 9. The highest BCUT2D eigenvalue weighted by atomic mass is 32.2. The molecule has 1 saturated heterocycles. The maximum atomic E-state index is 12.4. The quantitative estimate of drug-likeness (QED) is 0.473. The molecule has 0 radical (unpaired) electrons. The second-order valence-electron chi connectivity index (χ2n) is 9.40. The molecule has 3 aliphatic heterocycles. The van der Waals surface area contributed by atoms with Gasteiger partial charge >= 0.3 is 0 Å². The van der Waals surface area contributed by atoms with Gasteiger partial charge in [-0.1, -0.05) is 36.0 Å². The molecule has 10 heteroatoms. The van der Waals surface area contributed by atoms with Gasteiger partial charge in [-0.15, -0.1) is 0 Å². The number of carbonyl (C=O) groups excluding carboxylic acids is 2. The molecule has 3 aliphatic rings. The van der Waals surface area contributed by atoms with E-state index in [1.807, 2.05) is 18.2 Å². The number of amidine groups is 1. The van der Waals surface area contributed by atoms with Gasteiger partial charge in [0.05, 0.1) is 25.5 Å². The molecule has 3 heterocycles. The molecule has 2 N–H and O–H groups in total. The standard InChI is InChI=1S/C28H33N5O4S/c34-15-17-37-16-14-31-10-12-32(13-11-31)28-22-8-7-21(19-29-26(35)20-33-9-3-6-27(33)36)18-25(22)38-24-5-2-1-4-23(24)30-28/h1-8,18,34H,9-17,19-20H2,(H,29,35). The molecule has 2 amide bonds. The van der Waals surface area contributed by atoms with Crippen molar-refractivity contribution < 1.29 is 19.4 Å². The molecule has 38 heavy (non-hydrogen) atoms. The van der Waals surface area contributed by atoms with Gasteiger partial charge in [0, 0.05) is 67.2 Å². The average molecular weight is 536 g/mol. The summed E-state index contributed by atoms with van der Waals surface area (Å²) >= 11 is 1.70. The molecule has 9 nitrogen and oxygen atoms in total. The second kappa shape index (κ2) is 12.6. The largest absolute Gasteiger partial charge is 0.394 e. The van der Waals surface area contributed by atoms with Crippen molar-refractivity contribution in [2.24, 2.45) is 4.99 Å². The maximum Gasteiger partial charge on any atom is 0.247 e. The fraction of sp³-hybridized carbons (Fsp3) is 0.393. The first-order valence-electron chi connectivity index (χ1n) is 13.0. The number of nitrogens with one attached hydrogen (secondary N) is 1. The van der Waals surface area contributed by atoms with Gasteiger partial charge < -0.3 is 25.0 Å². The van der Waals surface area contributed by atoms with E-state index in [1.54, 1.807) is 17.8 Å². The summed E-state index contributed by atoms with van der Waals surface area (Å²) in [5, 5.41) is 11.8. The van der Waals surface area contributed by atoms with E-state index in [2.05, 4.69) is 39.4 Å². The molecule has 0 atom stereocenters. The normalized spacial score (nSPS) is 17.2. The van der Waals surface area contributed by atoms with Crippen LogP contribution in [0.25, 0.3) is 0 Å². The molecule has 0 unspecified atom stereocenters. The second-order valence-corrected chi connectivity index (χ2v) is 10.5. The lowest BCUT2D eigenvalue weighted by atomic mass is 10.1. The first-order chi connectivity index (χ1) is 18.6. The molecule has 2 aromatic rings. The number of piperazine rings is 1. The van der Waals surface area contributed by atoms with Crippen molar-refractivity contribution in [3.8, 4) is 0 Å². The third-order valence-electron chi connectivity index (χ3n) is 6.78. The van der Waals surface area contributed by atoms with Gasteiger partial charge in [-0.3, -0.25) is 14.5 Å².